The standard InChI is InChI=1S/C19H23N3O3S/c1-12-18(17(13(2)23)11-21(4)5)26-19(20-12)22(14(3)24)15-7-9-16(25-6)10-8-15/h7-11H,1-6H3. The molecular formula is C19H23N3O3S. The third-order valence-electron chi connectivity index (χ3n) is 3.63. The maximum absolute atomic E-state index is 12.3. The van der Waals surface area contributed by atoms with Crippen LogP contribution in [0.2, 0.25) is 0 Å². The van der Waals surface area contributed by atoms with Gasteiger partial charge in [-0.15, -0.1) is 0 Å². The van der Waals surface area contributed by atoms with Crippen LogP contribution < -0.4 is 9.64 Å². The average Bonchev–Trinajstić information content (AvgIpc) is 2.93. The van der Waals surface area contributed by atoms with Crippen LogP contribution in [0.25, 0.3) is 5.57 Å². The van der Waals surface area contributed by atoms with Crippen LogP contribution in [0.5, 0.6) is 5.75 Å². The first-order valence-electron chi connectivity index (χ1n) is 8.06. The number of aromatic nitrogens is 1. The van der Waals surface area contributed by atoms with E-state index in [4.69, 9.17) is 4.74 Å². The summed E-state index contributed by atoms with van der Waals surface area (Å²) in [6.45, 7) is 4.86. The zero-order valence-electron chi connectivity index (χ0n) is 15.9. The molecule has 0 saturated heterocycles. The predicted octanol–water partition coefficient (Wildman–Crippen LogP) is 3.64. The average molecular weight is 373 g/mol. The molecule has 0 spiro atoms. The normalized spacial score (nSPS) is 11.2. The Morgan fingerprint density at radius 1 is 1.15 bits per heavy atom. The highest BCUT2D eigenvalue weighted by atomic mass is 32.1. The van der Waals surface area contributed by atoms with Crippen molar-refractivity contribution in [2.75, 3.05) is 26.1 Å². The molecule has 1 amide bonds. The Morgan fingerprint density at radius 3 is 2.23 bits per heavy atom. The molecule has 0 aliphatic heterocycles. The summed E-state index contributed by atoms with van der Waals surface area (Å²) in [6.07, 6.45) is 1.78. The second kappa shape index (κ2) is 8.14. The van der Waals surface area contributed by atoms with Gasteiger partial charge in [0.25, 0.3) is 0 Å². The summed E-state index contributed by atoms with van der Waals surface area (Å²) < 4.78 is 5.17. The molecule has 2 aromatic rings. The number of aryl methyl sites for hydroxylation is 1. The van der Waals surface area contributed by atoms with Crippen molar-refractivity contribution in [1.29, 1.82) is 0 Å². The highest BCUT2D eigenvalue weighted by Gasteiger charge is 2.22. The Kier molecular flexibility index (Phi) is 6.15. The molecule has 0 bridgehead atoms. The van der Waals surface area contributed by atoms with Crippen LogP contribution in [0, 0.1) is 6.92 Å². The van der Waals surface area contributed by atoms with E-state index in [0.29, 0.717) is 27.8 Å². The van der Waals surface area contributed by atoms with E-state index in [0.717, 1.165) is 4.88 Å². The van der Waals surface area contributed by atoms with E-state index in [1.54, 1.807) is 37.6 Å². The molecule has 1 aromatic heterocycles. The van der Waals surface area contributed by atoms with Gasteiger partial charge in [-0.1, -0.05) is 11.3 Å². The van der Waals surface area contributed by atoms with E-state index >= 15 is 0 Å². The van der Waals surface area contributed by atoms with Crippen molar-refractivity contribution in [2.45, 2.75) is 20.8 Å². The Bertz CT molecular complexity index is 838. The SMILES string of the molecule is COc1ccc(N(C(C)=O)c2nc(C)c(C(=CN(C)C)C(C)=O)s2)cc1. The number of allylic oxidation sites excluding steroid dienone is 1. The molecule has 0 aliphatic carbocycles. The number of thiazole rings is 1. The van der Waals surface area contributed by atoms with Gasteiger partial charge in [0.05, 0.1) is 28.9 Å². The summed E-state index contributed by atoms with van der Waals surface area (Å²) in [5.41, 5.74) is 1.99. The fourth-order valence-electron chi connectivity index (χ4n) is 2.45. The van der Waals surface area contributed by atoms with Gasteiger partial charge in [-0.05, 0) is 38.1 Å². The number of ether oxygens (including phenoxy) is 1. The van der Waals surface area contributed by atoms with E-state index in [1.165, 1.54) is 30.1 Å². The van der Waals surface area contributed by atoms with E-state index in [9.17, 15) is 9.59 Å². The number of rotatable bonds is 6. The fourth-order valence-corrected chi connectivity index (χ4v) is 3.64. The molecule has 0 radical (unpaired) electrons. The number of amides is 1. The molecule has 0 aliphatic rings. The summed E-state index contributed by atoms with van der Waals surface area (Å²) in [5.74, 6) is 0.508. The number of Topliss-reactive ketones (excluding diaryl/α,β-unsaturated/α-hetero) is 1. The maximum Gasteiger partial charge on any atom is 0.230 e. The molecule has 138 valence electrons. The number of hydrogen-bond donors (Lipinski definition) is 0. The number of carbonyl (C=O) groups is 2. The highest BCUT2D eigenvalue weighted by Crippen LogP contribution is 2.36. The van der Waals surface area contributed by atoms with Gasteiger partial charge in [-0.25, -0.2) is 4.98 Å². The first-order chi connectivity index (χ1) is 12.2. The van der Waals surface area contributed by atoms with Crippen molar-refractivity contribution in [2.24, 2.45) is 0 Å². The van der Waals surface area contributed by atoms with Crippen molar-refractivity contribution in [3.05, 3.63) is 41.0 Å². The topological polar surface area (TPSA) is 62.7 Å². The summed E-state index contributed by atoms with van der Waals surface area (Å²) in [5, 5.41) is 0.529. The lowest BCUT2D eigenvalue weighted by Crippen LogP contribution is -2.22. The summed E-state index contributed by atoms with van der Waals surface area (Å²) in [7, 11) is 5.31. The zero-order chi connectivity index (χ0) is 19.4. The molecule has 0 atom stereocenters. The summed E-state index contributed by atoms with van der Waals surface area (Å²) >= 11 is 1.33. The fraction of sp³-hybridized carbons (Fsp3) is 0.316. The van der Waals surface area contributed by atoms with Crippen LogP contribution in [0.15, 0.2) is 30.5 Å². The third kappa shape index (κ3) is 4.29. The van der Waals surface area contributed by atoms with Crippen LogP contribution >= 0.6 is 11.3 Å². The lowest BCUT2D eigenvalue weighted by molar-refractivity contribution is -0.116. The molecule has 0 saturated carbocycles. The van der Waals surface area contributed by atoms with Gasteiger partial charge in [-0.3, -0.25) is 14.5 Å². The van der Waals surface area contributed by atoms with Crippen LogP contribution in [0.4, 0.5) is 10.8 Å². The number of carbonyl (C=O) groups excluding carboxylic acids is 2. The Hall–Kier alpha value is -2.67. The van der Waals surface area contributed by atoms with Gasteiger partial charge >= 0.3 is 0 Å². The van der Waals surface area contributed by atoms with Crippen molar-refractivity contribution in [1.82, 2.24) is 9.88 Å². The smallest absolute Gasteiger partial charge is 0.230 e. The molecule has 0 N–H and O–H groups in total. The Morgan fingerprint density at radius 2 is 1.77 bits per heavy atom. The van der Waals surface area contributed by atoms with E-state index in [1.807, 2.05) is 25.9 Å². The van der Waals surface area contributed by atoms with E-state index in [2.05, 4.69) is 4.98 Å². The van der Waals surface area contributed by atoms with Crippen molar-refractivity contribution < 1.29 is 14.3 Å². The first kappa shape index (κ1) is 19.7. The number of methoxy groups -OCH3 is 1. The third-order valence-corrected chi connectivity index (χ3v) is 4.81. The maximum atomic E-state index is 12.3. The lowest BCUT2D eigenvalue weighted by Gasteiger charge is -2.18. The first-order valence-corrected chi connectivity index (χ1v) is 8.88. The molecule has 1 heterocycles. The number of hydrogen-bond acceptors (Lipinski definition) is 6. The van der Waals surface area contributed by atoms with Gasteiger partial charge in [0.2, 0.25) is 5.91 Å². The Labute approximate surface area is 157 Å². The predicted molar refractivity (Wildman–Crippen MR) is 105 cm³/mol. The number of benzene rings is 1. The molecule has 0 fully saturated rings. The molecular weight excluding hydrogens is 350 g/mol. The van der Waals surface area contributed by atoms with Gasteiger partial charge in [0, 0.05) is 27.2 Å². The quantitative estimate of drug-likeness (QED) is 0.724. The molecule has 0 unspecified atom stereocenters. The Balaban J connectivity index is 2.51. The molecule has 7 heteroatoms. The van der Waals surface area contributed by atoms with Crippen molar-refractivity contribution in [3.63, 3.8) is 0 Å². The molecule has 26 heavy (non-hydrogen) atoms. The summed E-state index contributed by atoms with van der Waals surface area (Å²) in [6, 6.07) is 7.19. The molecule has 6 nitrogen and oxygen atoms in total. The summed E-state index contributed by atoms with van der Waals surface area (Å²) in [4.78, 5) is 33.0. The van der Waals surface area contributed by atoms with Gasteiger partial charge in [0.1, 0.15) is 5.75 Å². The lowest BCUT2D eigenvalue weighted by atomic mass is 10.1. The highest BCUT2D eigenvalue weighted by molar-refractivity contribution is 7.17. The molecule has 1 aromatic carbocycles. The largest absolute Gasteiger partial charge is 0.497 e. The van der Waals surface area contributed by atoms with Crippen molar-refractivity contribution in [3.8, 4) is 5.75 Å². The monoisotopic (exact) mass is 373 g/mol. The van der Waals surface area contributed by atoms with Gasteiger partial charge in [0.15, 0.2) is 10.9 Å². The number of anilines is 2. The van der Waals surface area contributed by atoms with Crippen molar-refractivity contribution >= 4 is 39.4 Å². The molecule has 2 rings (SSSR count). The van der Waals surface area contributed by atoms with E-state index < -0.39 is 0 Å². The minimum atomic E-state index is -0.156. The zero-order valence-corrected chi connectivity index (χ0v) is 16.7. The number of ketones is 1. The minimum absolute atomic E-state index is 0.0455. The number of nitrogens with zero attached hydrogens (tertiary/aromatic N) is 3. The van der Waals surface area contributed by atoms with Gasteiger partial charge < -0.3 is 9.64 Å². The van der Waals surface area contributed by atoms with Crippen LogP contribution in [-0.2, 0) is 9.59 Å². The van der Waals surface area contributed by atoms with Crippen LogP contribution in [-0.4, -0.2) is 42.8 Å². The second-order valence-corrected chi connectivity index (χ2v) is 7.00. The van der Waals surface area contributed by atoms with Crippen LogP contribution in [0.3, 0.4) is 0 Å². The van der Waals surface area contributed by atoms with Gasteiger partial charge in [-0.2, -0.15) is 0 Å². The second-order valence-electron chi connectivity index (χ2n) is 6.03. The van der Waals surface area contributed by atoms with Crippen LogP contribution in [0.1, 0.15) is 24.4 Å². The van der Waals surface area contributed by atoms with E-state index in [-0.39, 0.29) is 11.7 Å². The minimum Gasteiger partial charge on any atom is -0.497 e.